The van der Waals surface area contributed by atoms with E-state index >= 15 is 0 Å². The molecule has 1 unspecified atom stereocenters. The van der Waals surface area contributed by atoms with Gasteiger partial charge < -0.3 is 15.0 Å². The van der Waals surface area contributed by atoms with E-state index in [-0.39, 0.29) is 18.2 Å². The van der Waals surface area contributed by atoms with Gasteiger partial charge in [-0.2, -0.15) is 13.2 Å². The molecule has 1 saturated heterocycles. The number of hydrogen-bond acceptors (Lipinski definition) is 2. The van der Waals surface area contributed by atoms with Crippen molar-refractivity contribution in [3.05, 3.63) is 23.5 Å². The van der Waals surface area contributed by atoms with E-state index in [0.717, 1.165) is 16.7 Å². The van der Waals surface area contributed by atoms with Gasteiger partial charge in [-0.25, -0.2) is 0 Å². The lowest BCUT2D eigenvalue weighted by Crippen LogP contribution is -2.24. The molecule has 2 rings (SSSR count). The third-order valence-corrected chi connectivity index (χ3v) is 2.99. The van der Waals surface area contributed by atoms with Gasteiger partial charge in [-0.15, -0.1) is 0 Å². The minimum absolute atomic E-state index is 0.0170. The van der Waals surface area contributed by atoms with E-state index in [1.807, 2.05) is 0 Å². The van der Waals surface area contributed by atoms with Gasteiger partial charge in [0.2, 0.25) is 0 Å². The van der Waals surface area contributed by atoms with Crippen molar-refractivity contribution in [3.8, 4) is 0 Å². The van der Waals surface area contributed by atoms with Crippen LogP contribution in [0, 0.1) is 5.92 Å². The molecule has 1 aromatic heterocycles. The Kier molecular flexibility index (Phi) is 3.34. The second-order valence-corrected chi connectivity index (χ2v) is 4.31. The molecule has 4 nitrogen and oxygen atoms in total. The summed E-state index contributed by atoms with van der Waals surface area (Å²) in [5.74, 6) is -0.874. The number of ether oxygens (including phenoxy) is 1. The maximum atomic E-state index is 12.8. The summed E-state index contributed by atoms with van der Waals surface area (Å²) in [6.07, 6.45) is -3.80. The summed E-state index contributed by atoms with van der Waals surface area (Å²) in [6, 6.07) is 2.00. The summed E-state index contributed by atoms with van der Waals surface area (Å²) in [4.78, 5) is 11.1. The Morgan fingerprint density at radius 2 is 2.22 bits per heavy atom. The molecule has 0 aliphatic carbocycles. The molecule has 0 bridgehead atoms. The molecular weight excluding hydrogens is 249 g/mol. The molecule has 0 radical (unpaired) electrons. The molecule has 1 aliphatic heterocycles. The van der Waals surface area contributed by atoms with Crippen LogP contribution in [0.15, 0.2) is 12.1 Å². The normalized spacial score (nSPS) is 20.3. The number of nitrogens with zero attached hydrogens (tertiary/aromatic N) is 1. The molecule has 100 valence electrons. The SMILES string of the molecule is NC(=O)c1ccc(C(F)(F)F)n1CC1CCOC1. The Balaban J connectivity index is 2.33. The van der Waals surface area contributed by atoms with Gasteiger partial charge >= 0.3 is 6.18 Å². The van der Waals surface area contributed by atoms with E-state index in [9.17, 15) is 18.0 Å². The van der Waals surface area contributed by atoms with Gasteiger partial charge in [-0.1, -0.05) is 0 Å². The molecular formula is C11H13F3N2O2. The number of primary amides is 1. The molecule has 0 spiro atoms. The highest BCUT2D eigenvalue weighted by molar-refractivity contribution is 5.91. The van der Waals surface area contributed by atoms with Crippen LogP contribution in [0.3, 0.4) is 0 Å². The zero-order chi connectivity index (χ0) is 13.3. The second-order valence-electron chi connectivity index (χ2n) is 4.31. The molecule has 1 aliphatic rings. The third-order valence-electron chi connectivity index (χ3n) is 2.99. The van der Waals surface area contributed by atoms with Crippen molar-refractivity contribution in [1.29, 1.82) is 0 Å². The predicted molar refractivity (Wildman–Crippen MR) is 56.9 cm³/mol. The van der Waals surface area contributed by atoms with Gasteiger partial charge in [0.15, 0.2) is 0 Å². The van der Waals surface area contributed by atoms with Crippen molar-refractivity contribution in [2.45, 2.75) is 19.1 Å². The maximum Gasteiger partial charge on any atom is 0.431 e. The minimum atomic E-state index is -4.49. The van der Waals surface area contributed by atoms with Crippen LogP contribution in [0.1, 0.15) is 22.6 Å². The van der Waals surface area contributed by atoms with Gasteiger partial charge in [0.05, 0.1) is 6.61 Å². The molecule has 2 N–H and O–H groups in total. The highest BCUT2D eigenvalue weighted by Gasteiger charge is 2.36. The van der Waals surface area contributed by atoms with Crippen LogP contribution in [-0.2, 0) is 17.5 Å². The van der Waals surface area contributed by atoms with Crippen LogP contribution < -0.4 is 5.73 Å². The number of nitrogens with two attached hydrogens (primary N) is 1. The maximum absolute atomic E-state index is 12.8. The number of carbonyl (C=O) groups excluding carboxylic acids is 1. The molecule has 1 amide bonds. The molecule has 1 atom stereocenters. The average molecular weight is 262 g/mol. The standard InChI is InChI=1S/C11H13F3N2O2/c12-11(13,14)9-2-1-8(10(15)17)16(9)5-7-3-4-18-6-7/h1-2,7H,3-6H2,(H2,15,17). The van der Waals surface area contributed by atoms with Gasteiger partial charge in [0.25, 0.3) is 5.91 Å². The third kappa shape index (κ3) is 2.50. The number of amides is 1. The first-order valence-corrected chi connectivity index (χ1v) is 5.54. The van der Waals surface area contributed by atoms with Gasteiger partial charge in [-0.05, 0) is 18.6 Å². The van der Waals surface area contributed by atoms with Crippen molar-refractivity contribution in [3.63, 3.8) is 0 Å². The molecule has 0 aromatic carbocycles. The Morgan fingerprint density at radius 1 is 1.50 bits per heavy atom. The van der Waals surface area contributed by atoms with Crippen molar-refractivity contribution in [2.24, 2.45) is 11.7 Å². The summed E-state index contributed by atoms with van der Waals surface area (Å²) in [5.41, 5.74) is 4.13. The first kappa shape index (κ1) is 12.9. The lowest BCUT2D eigenvalue weighted by atomic mass is 10.1. The van der Waals surface area contributed by atoms with Crippen LogP contribution >= 0.6 is 0 Å². The zero-order valence-electron chi connectivity index (χ0n) is 9.54. The largest absolute Gasteiger partial charge is 0.431 e. The number of aromatic nitrogens is 1. The van der Waals surface area contributed by atoms with Gasteiger partial charge in [-0.3, -0.25) is 4.79 Å². The highest BCUT2D eigenvalue weighted by Crippen LogP contribution is 2.32. The molecule has 1 aromatic rings. The fourth-order valence-electron chi connectivity index (χ4n) is 2.11. The van der Waals surface area contributed by atoms with Crippen LogP contribution in [0.5, 0.6) is 0 Å². The van der Waals surface area contributed by atoms with Crippen molar-refractivity contribution in [1.82, 2.24) is 4.57 Å². The molecule has 18 heavy (non-hydrogen) atoms. The Hall–Kier alpha value is -1.50. The van der Waals surface area contributed by atoms with Crippen molar-refractivity contribution in [2.75, 3.05) is 13.2 Å². The van der Waals surface area contributed by atoms with E-state index in [1.165, 1.54) is 0 Å². The predicted octanol–water partition coefficient (Wildman–Crippen LogP) is 1.64. The molecule has 7 heteroatoms. The topological polar surface area (TPSA) is 57.2 Å². The minimum Gasteiger partial charge on any atom is -0.381 e. The van der Waals surface area contributed by atoms with E-state index in [0.29, 0.717) is 19.6 Å². The average Bonchev–Trinajstić information content (AvgIpc) is 2.85. The van der Waals surface area contributed by atoms with Crippen molar-refractivity contribution < 1.29 is 22.7 Å². The van der Waals surface area contributed by atoms with Crippen LogP contribution in [0.4, 0.5) is 13.2 Å². The molecule has 1 fully saturated rings. The summed E-state index contributed by atoms with van der Waals surface area (Å²) in [7, 11) is 0. The van der Waals surface area contributed by atoms with E-state index in [1.54, 1.807) is 0 Å². The Morgan fingerprint density at radius 3 is 2.72 bits per heavy atom. The van der Waals surface area contributed by atoms with Crippen molar-refractivity contribution >= 4 is 5.91 Å². The summed E-state index contributed by atoms with van der Waals surface area (Å²) < 4.78 is 44.5. The number of halogens is 3. The quantitative estimate of drug-likeness (QED) is 0.900. The first-order valence-electron chi connectivity index (χ1n) is 5.54. The number of carbonyl (C=O) groups is 1. The van der Waals surface area contributed by atoms with Crippen LogP contribution in [-0.4, -0.2) is 23.7 Å². The lowest BCUT2D eigenvalue weighted by molar-refractivity contribution is -0.143. The highest BCUT2D eigenvalue weighted by atomic mass is 19.4. The zero-order valence-corrected chi connectivity index (χ0v) is 9.54. The van der Waals surface area contributed by atoms with Gasteiger partial charge in [0, 0.05) is 19.1 Å². The summed E-state index contributed by atoms with van der Waals surface area (Å²) in [6.45, 7) is 1.05. The monoisotopic (exact) mass is 262 g/mol. The van der Waals surface area contributed by atoms with E-state index in [4.69, 9.17) is 10.5 Å². The van der Waals surface area contributed by atoms with Crippen LogP contribution in [0.25, 0.3) is 0 Å². The molecule has 2 heterocycles. The first-order chi connectivity index (χ1) is 8.39. The Bertz CT molecular complexity index is 448. The van der Waals surface area contributed by atoms with E-state index in [2.05, 4.69) is 0 Å². The number of alkyl halides is 3. The lowest BCUT2D eigenvalue weighted by Gasteiger charge is -2.17. The van der Waals surface area contributed by atoms with Gasteiger partial charge in [0.1, 0.15) is 11.4 Å². The fourth-order valence-corrected chi connectivity index (χ4v) is 2.11. The Labute approximate surface area is 102 Å². The smallest absolute Gasteiger partial charge is 0.381 e. The number of hydrogen-bond donors (Lipinski definition) is 1. The number of rotatable bonds is 3. The summed E-state index contributed by atoms with van der Waals surface area (Å²) >= 11 is 0. The van der Waals surface area contributed by atoms with E-state index < -0.39 is 17.8 Å². The second kappa shape index (κ2) is 4.64. The molecule has 0 saturated carbocycles. The summed E-state index contributed by atoms with van der Waals surface area (Å²) in [5, 5.41) is 0. The van der Waals surface area contributed by atoms with Crippen LogP contribution in [0.2, 0.25) is 0 Å². The fraction of sp³-hybridized carbons (Fsp3) is 0.545.